The molecular formula is C21H21FN4OS. The number of nitrogens with one attached hydrogen (secondary N) is 1. The number of halogens is 1. The van der Waals surface area contributed by atoms with Crippen molar-refractivity contribution in [2.24, 2.45) is 0 Å². The molecule has 1 N–H and O–H groups in total. The Hall–Kier alpha value is -2.93. The Morgan fingerprint density at radius 1 is 1.21 bits per heavy atom. The van der Waals surface area contributed by atoms with Crippen molar-refractivity contribution < 1.29 is 9.18 Å². The lowest BCUT2D eigenvalue weighted by molar-refractivity contribution is -0.115. The van der Waals surface area contributed by atoms with E-state index in [0.717, 1.165) is 16.8 Å². The lowest BCUT2D eigenvalue weighted by Crippen LogP contribution is -2.23. The Morgan fingerprint density at radius 2 is 1.89 bits per heavy atom. The number of rotatable bonds is 7. The number of anilines is 1. The number of aryl methyl sites for hydroxylation is 1. The number of carbonyl (C=O) groups is 1. The number of allylic oxidation sites excluding steroid dienone is 1. The molecule has 0 saturated heterocycles. The van der Waals surface area contributed by atoms with E-state index in [2.05, 4.69) is 22.1 Å². The number of hydrogen-bond donors (Lipinski definition) is 1. The predicted octanol–water partition coefficient (Wildman–Crippen LogP) is 4.70. The Labute approximate surface area is 167 Å². The van der Waals surface area contributed by atoms with Gasteiger partial charge in [0.2, 0.25) is 5.91 Å². The maximum atomic E-state index is 13.2. The minimum Gasteiger partial charge on any atom is -0.325 e. The van der Waals surface area contributed by atoms with Crippen molar-refractivity contribution in [1.82, 2.24) is 14.8 Å². The molecule has 0 radical (unpaired) electrons. The Bertz CT molecular complexity index is 967. The van der Waals surface area contributed by atoms with E-state index in [9.17, 15) is 9.18 Å². The number of carbonyl (C=O) groups excluding carboxylic acids is 1. The maximum Gasteiger partial charge on any atom is 0.237 e. The fourth-order valence-electron chi connectivity index (χ4n) is 2.57. The molecule has 144 valence electrons. The first-order valence-electron chi connectivity index (χ1n) is 8.82. The first-order valence-corrected chi connectivity index (χ1v) is 9.70. The van der Waals surface area contributed by atoms with Gasteiger partial charge in [0.1, 0.15) is 5.82 Å². The number of benzene rings is 2. The smallest absolute Gasteiger partial charge is 0.237 e. The third-order valence-corrected chi connectivity index (χ3v) is 5.18. The second kappa shape index (κ2) is 8.84. The van der Waals surface area contributed by atoms with Crippen LogP contribution in [-0.2, 0) is 11.3 Å². The van der Waals surface area contributed by atoms with Crippen LogP contribution in [0.2, 0.25) is 0 Å². The number of aromatic nitrogens is 3. The van der Waals surface area contributed by atoms with Crippen LogP contribution in [0, 0.1) is 12.7 Å². The number of amides is 1. The van der Waals surface area contributed by atoms with Crippen molar-refractivity contribution in [3.8, 4) is 11.4 Å². The molecule has 0 aliphatic heterocycles. The zero-order valence-electron chi connectivity index (χ0n) is 15.7. The molecule has 1 aromatic heterocycles. The van der Waals surface area contributed by atoms with Gasteiger partial charge in [0, 0.05) is 17.8 Å². The van der Waals surface area contributed by atoms with Gasteiger partial charge in [0.25, 0.3) is 0 Å². The molecule has 5 nitrogen and oxygen atoms in total. The molecule has 0 fully saturated rings. The summed E-state index contributed by atoms with van der Waals surface area (Å²) in [5, 5.41) is 11.6. The van der Waals surface area contributed by atoms with Gasteiger partial charge in [-0.25, -0.2) is 4.39 Å². The van der Waals surface area contributed by atoms with E-state index in [-0.39, 0.29) is 17.0 Å². The van der Waals surface area contributed by atoms with Crippen LogP contribution in [0.15, 0.2) is 66.3 Å². The molecule has 0 unspecified atom stereocenters. The second-order valence-corrected chi connectivity index (χ2v) is 7.64. The number of nitrogens with zero attached hydrogens (tertiary/aromatic N) is 3. The van der Waals surface area contributed by atoms with Gasteiger partial charge in [0.15, 0.2) is 11.0 Å². The van der Waals surface area contributed by atoms with Gasteiger partial charge in [-0.2, -0.15) is 0 Å². The Morgan fingerprint density at radius 3 is 2.54 bits per heavy atom. The summed E-state index contributed by atoms with van der Waals surface area (Å²) in [5.41, 5.74) is 2.63. The molecule has 0 aliphatic carbocycles. The van der Waals surface area contributed by atoms with Crippen molar-refractivity contribution >= 4 is 23.4 Å². The van der Waals surface area contributed by atoms with Crippen LogP contribution in [0.5, 0.6) is 0 Å². The lowest BCUT2D eigenvalue weighted by atomic mass is 10.2. The standard InChI is InChI=1S/C21H21FN4OS/c1-4-13-26-19(16-7-9-17(22)10-8-16)24-25-21(26)28-15(3)20(27)23-18-11-5-14(2)6-12-18/h4-12,15H,1,13H2,2-3H3,(H,23,27)/t15-/m1/s1. The molecule has 2 aromatic carbocycles. The van der Waals surface area contributed by atoms with E-state index in [1.807, 2.05) is 42.7 Å². The zero-order valence-corrected chi connectivity index (χ0v) is 16.5. The molecule has 0 bridgehead atoms. The molecule has 0 aliphatic rings. The van der Waals surface area contributed by atoms with Crippen molar-refractivity contribution in [2.45, 2.75) is 30.8 Å². The summed E-state index contributed by atoms with van der Waals surface area (Å²) >= 11 is 1.31. The van der Waals surface area contributed by atoms with E-state index < -0.39 is 0 Å². The summed E-state index contributed by atoms with van der Waals surface area (Å²) in [6, 6.07) is 13.7. The zero-order chi connectivity index (χ0) is 20.1. The highest BCUT2D eigenvalue weighted by molar-refractivity contribution is 8.00. The summed E-state index contributed by atoms with van der Waals surface area (Å²) in [6.45, 7) is 8.07. The Balaban J connectivity index is 1.77. The van der Waals surface area contributed by atoms with Crippen molar-refractivity contribution in [3.05, 3.63) is 72.6 Å². The largest absolute Gasteiger partial charge is 0.325 e. The molecule has 3 aromatic rings. The highest BCUT2D eigenvalue weighted by Crippen LogP contribution is 2.27. The van der Waals surface area contributed by atoms with Crippen molar-refractivity contribution in [1.29, 1.82) is 0 Å². The number of thioether (sulfide) groups is 1. The van der Waals surface area contributed by atoms with Gasteiger partial charge in [0.05, 0.1) is 5.25 Å². The topological polar surface area (TPSA) is 59.8 Å². The summed E-state index contributed by atoms with van der Waals surface area (Å²) in [6.07, 6.45) is 1.73. The highest BCUT2D eigenvalue weighted by Gasteiger charge is 2.20. The van der Waals surface area contributed by atoms with E-state index in [1.165, 1.54) is 23.9 Å². The van der Waals surface area contributed by atoms with Crippen LogP contribution in [0.4, 0.5) is 10.1 Å². The summed E-state index contributed by atoms with van der Waals surface area (Å²) in [7, 11) is 0. The van der Waals surface area contributed by atoms with E-state index in [4.69, 9.17) is 0 Å². The quantitative estimate of drug-likeness (QED) is 0.465. The van der Waals surface area contributed by atoms with E-state index in [0.29, 0.717) is 17.5 Å². The van der Waals surface area contributed by atoms with Gasteiger partial charge in [-0.15, -0.1) is 16.8 Å². The molecule has 1 heterocycles. The third kappa shape index (κ3) is 4.67. The monoisotopic (exact) mass is 396 g/mol. The molecule has 7 heteroatoms. The minimum atomic E-state index is -0.380. The first kappa shape index (κ1) is 19.8. The molecule has 1 amide bonds. The predicted molar refractivity (Wildman–Crippen MR) is 111 cm³/mol. The number of hydrogen-bond acceptors (Lipinski definition) is 4. The average molecular weight is 396 g/mol. The van der Waals surface area contributed by atoms with E-state index in [1.54, 1.807) is 18.2 Å². The second-order valence-electron chi connectivity index (χ2n) is 6.33. The highest BCUT2D eigenvalue weighted by atomic mass is 32.2. The summed E-state index contributed by atoms with van der Waals surface area (Å²) < 4.78 is 15.1. The van der Waals surface area contributed by atoms with Crippen LogP contribution in [-0.4, -0.2) is 25.9 Å². The lowest BCUT2D eigenvalue weighted by Gasteiger charge is -2.13. The summed E-state index contributed by atoms with van der Waals surface area (Å²) in [4.78, 5) is 12.5. The molecule has 3 rings (SSSR count). The molecule has 0 saturated carbocycles. The minimum absolute atomic E-state index is 0.120. The van der Waals surface area contributed by atoms with Gasteiger partial charge < -0.3 is 5.32 Å². The van der Waals surface area contributed by atoms with Crippen molar-refractivity contribution in [3.63, 3.8) is 0 Å². The van der Waals surface area contributed by atoms with Gasteiger partial charge in [-0.3, -0.25) is 9.36 Å². The van der Waals surface area contributed by atoms with Crippen LogP contribution in [0.1, 0.15) is 12.5 Å². The van der Waals surface area contributed by atoms with Crippen LogP contribution >= 0.6 is 11.8 Å². The van der Waals surface area contributed by atoms with Gasteiger partial charge >= 0.3 is 0 Å². The van der Waals surface area contributed by atoms with Crippen LogP contribution in [0.3, 0.4) is 0 Å². The SMILES string of the molecule is C=CCn1c(S[C@H](C)C(=O)Nc2ccc(C)cc2)nnc1-c1ccc(F)cc1. The van der Waals surface area contributed by atoms with Crippen molar-refractivity contribution in [2.75, 3.05) is 5.32 Å². The third-order valence-electron chi connectivity index (χ3n) is 4.10. The molecule has 28 heavy (non-hydrogen) atoms. The maximum absolute atomic E-state index is 13.2. The fraction of sp³-hybridized carbons (Fsp3) is 0.190. The van der Waals surface area contributed by atoms with Gasteiger partial charge in [-0.05, 0) is 50.2 Å². The fourth-order valence-corrected chi connectivity index (χ4v) is 3.43. The molecule has 0 spiro atoms. The first-order chi connectivity index (χ1) is 13.5. The molecule has 1 atom stereocenters. The Kier molecular flexibility index (Phi) is 6.26. The molecular weight excluding hydrogens is 375 g/mol. The van der Waals surface area contributed by atoms with Crippen LogP contribution in [0.25, 0.3) is 11.4 Å². The van der Waals surface area contributed by atoms with E-state index >= 15 is 0 Å². The average Bonchev–Trinajstić information content (AvgIpc) is 3.07. The van der Waals surface area contributed by atoms with Gasteiger partial charge in [-0.1, -0.05) is 35.5 Å². The summed E-state index contributed by atoms with van der Waals surface area (Å²) in [5.74, 6) is 0.174. The van der Waals surface area contributed by atoms with Crippen LogP contribution < -0.4 is 5.32 Å². The normalized spacial score (nSPS) is 11.8.